The third-order valence-electron chi connectivity index (χ3n) is 3.42. The Morgan fingerprint density at radius 2 is 1.74 bits per heavy atom. The topological polar surface area (TPSA) is 41.6 Å². The van der Waals surface area contributed by atoms with E-state index in [9.17, 15) is 4.79 Å². The molecule has 2 rings (SSSR count). The molecule has 4 nitrogen and oxygen atoms in total. The molecule has 2 aromatic rings. The van der Waals surface area contributed by atoms with E-state index in [2.05, 4.69) is 21.2 Å². The van der Waals surface area contributed by atoms with Gasteiger partial charge in [-0.1, -0.05) is 28.1 Å². The first-order chi connectivity index (χ1) is 11.0. The van der Waals surface area contributed by atoms with Gasteiger partial charge in [0.2, 0.25) is 0 Å². The number of halogens is 1. The van der Waals surface area contributed by atoms with E-state index < -0.39 is 6.10 Å². The van der Waals surface area contributed by atoms with Crippen LogP contribution in [0.4, 0.5) is 5.69 Å². The quantitative estimate of drug-likeness (QED) is 0.837. The minimum Gasteiger partial charge on any atom is -0.481 e. The lowest BCUT2D eigenvalue weighted by Crippen LogP contribution is -2.35. The maximum atomic E-state index is 12.1. The molecule has 1 N–H and O–H groups in total. The maximum Gasteiger partial charge on any atom is 0.261 e. The van der Waals surface area contributed by atoms with Gasteiger partial charge in [0.15, 0.2) is 6.10 Å². The van der Waals surface area contributed by atoms with Gasteiger partial charge in [-0.2, -0.15) is 0 Å². The van der Waals surface area contributed by atoms with Gasteiger partial charge >= 0.3 is 0 Å². The summed E-state index contributed by atoms with van der Waals surface area (Å²) in [5.74, 6) is 0.538. The van der Waals surface area contributed by atoms with Crippen molar-refractivity contribution < 1.29 is 9.53 Å². The Balaban J connectivity index is 1.84. The van der Waals surface area contributed by atoms with Gasteiger partial charge in [0.1, 0.15) is 5.75 Å². The molecule has 1 amide bonds. The molecule has 0 saturated heterocycles. The van der Waals surface area contributed by atoms with Crippen molar-refractivity contribution in [3.8, 4) is 5.75 Å². The molecule has 0 saturated carbocycles. The molecule has 0 unspecified atom stereocenters. The van der Waals surface area contributed by atoms with Crippen LogP contribution in [0.5, 0.6) is 5.75 Å². The molecular weight excluding hydrogens is 356 g/mol. The molecule has 2 aromatic carbocycles. The van der Waals surface area contributed by atoms with Crippen LogP contribution in [-0.4, -0.2) is 26.1 Å². The van der Waals surface area contributed by atoms with E-state index in [0.717, 1.165) is 15.7 Å². The maximum absolute atomic E-state index is 12.1. The Kier molecular flexibility index (Phi) is 6.04. The minimum absolute atomic E-state index is 0.135. The standard InChI is InChI=1S/C18H21BrN2O2/c1-13(23-17-10-6-15(19)7-11-17)18(22)20-12-14-4-8-16(9-5-14)21(2)3/h4-11,13H,12H2,1-3H3,(H,20,22)/t13-/m0/s1. The average molecular weight is 377 g/mol. The van der Waals surface area contributed by atoms with Gasteiger partial charge in [0.05, 0.1) is 0 Å². The summed E-state index contributed by atoms with van der Waals surface area (Å²) in [6.45, 7) is 2.23. The summed E-state index contributed by atoms with van der Waals surface area (Å²) in [6, 6.07) is 15.5. The number of amides is 1. The van der Waals surface area contributed by atoms with Crippen molar-refractivity contribution in [2.75, 3.05) is 19.0 Å². The molecule has 0 radical (unpaired) electrons. The van der Waals surface area contributed by atoms with E-state index in [4.69, 9.17) is 4.74 Å². The lowest BCUT2D eigenvalue weighted by atomic mass is 10.2. The molecular formula is C18H21BrN2O2. The second-order valence-corrected chi connectivity index (χ2v) is 6.41. The van der Waals surface area contributed by atoms with Gasteiger partial charge in [-0.05, 0) is 48.9 Å². The predicted octanol–water partition coefficient (Wildman–Crippen LogP) is 3.60. The van der Waals surface area contributed by atoms with Gasteiger partial charge in [0, 0.05) is 30.8 Å². The third kappa shape index (κ3) is 5.28. The van der Waals surface area contributed by atoms with Crippen LogP contribution in [0.3, 0.4) is 0 Å². The van der Waals surface area contributed by atoms with Crippen molar-refractivity contribution in [3.05, 3.63) is 58.6 Å². The van der Waals surface area contributed by atoms with Crippen LogP contribution in [0.2, 0.25) is 0 Å². The highest BCUT2D eigenvalue weighted by atomic mass is 79.9. The first-order valence-electron chi connectivity index (χ1n) is 7.42. The molecule has 0 aliphatic carbocycles. The number of ether oxygens (including phenoxy) is 1. The Labute approximate surface area is 145 Å². The van der Waals surface area contributed by atoms with Crippen LogP contribution >= 0.6 is 15.9 Å². The highest BCUT2D eigenvalue weighted by Crippen LogP contribution is 2.17. The summed E-state index contributed by atoms with van der Waals surface area (Å²) in [5.41, 5.74) is 2.19. The molecule has 0 aliphatic rings. The van der Waals surface area contributed by atoms with Crippen molar-refractivity contribution in [2.45, 2.75) is 19.6 Å². The molecule has 0 fully saturated rings. The van der Waals surface area contributed by atoms with Crippen LogP contribution < -0.4 is 15.0 Å². The largest absolute Gasteiger partial charge is 0.481 e. The lowest BCUT2D eigenvalue weighted by molar-refractivity contribution is -0.127. The number of hydrogen-bond donors (Lipinski definition) is 1. The fraction of sp³-hybridized carbons (Fsp3) is 0.278. The van der Waals surface area contributed by atoms with Crippen molar-refractivity contribution >= 4 is 27.5 Å². The zero-order chi connectivity index (χ0) is 16.8. The average Bonchev–Trinajstić information content (AvgIpc) is 2.55. The summed E-state index contributed by atoms with van der Waals surface area (Å²) < 4.78 is 6.61. The van der Waals surface area contributed by atoms with Crippen molar-refractivity contribution in [3.63, 3.8) is 0 Å². The second kappa shape index (κ2) is 8.02. The SMILES string of the molecule is C[C@H](Oc1ccc(Br)cc1)C(=O)NCc1ccc(N(C)C)cc1. The van der Waals surface area contributed by atoms with E-state index in [0.29, 0.717) is 12.3 Å². The number of carbonyl (C=O) groups is 1. The van der Waals surface area contributed by atoms with Gasteiger partial charge in [-0.3, -0.25) is 4.79 Å². The van der Waals surface area contributed by atoms with Gasteiger partial charge in [-0.15, -0.1) is 0 Å². The normalized spacial score (nSPS) is 11.7. The zero-order valence-corrected chi connectivity index (χ0v) is 15.1. The third-order valence-corrected chi connectivity index (χ3v) is 3.94. The molecule has 0 heterocycles. The molecule has 5 heteroatoms. The number of nitrogens with one attached hydrogen (secondary N) is 1. The lowest BCUT2D eigenvalue weighted by Gasteiger charge is -2.15. The summed E-state index contributed by atoms with van der Waals surface area (Å²) in [4.78, 5) is 14.1. The van der Waals surface area contributed by atoms with Crippen molar-refractivity contribution in [2.24, 2.45) is 0 Å². The fourth-order valence-corrected chi connectivity index (χ4v) is 2.28. The number of anilines is 1. The van der Waals surface area contributed by atoms with Crippen LogP contribution in [0.1, 0.15) is 12.5 Å². The van der Waals surface area contributed by atoms with Crippen LogP contribution in [0, 0.1) is 0 Å². The summed E-state index contributed by atoms with van der Waals surface area (Å²) in [5, 5.41) is 2.89. The van der Waals surface area contributed by atoms with Gasteiger partial charge < -0.3 is 15.0 Å². The first-order valence-corrected chi connectivity index (χ1v) is 8.21. The highest BCUT2D eigenvalue weighted by molar-refractivity contribution is 9.10. The number of carbonyl (C=O) groups excluding carboxylic acids is 1. The number of rotatable bonds is 6. The summed E-state index contributed by atoms with van der Waals surface area (Å²) in [7, 11) is 4.00. The minimum atomic E-state index is -0.544. The molecule has 0 spiro atoms. The summed E-state index contributed by atoms with van der Waals surface area (Å²) >= 11 is 3.37. The van der Waals surface area contributed by atoms with E-state index in [-0.39, 0.29) is 5.91 Å². The van der Waals surface area contributed by atoms with Crippen LogP contribution in [0.25, 0.3) is 0 Å². The number of hydrogen-bond acceptors (Lipinski definition) is 3. The Hall–Kier alpha value is -2.01. The Morgan fingerprint density at radius 3 is 2.30 bits per heavy atom. The molecule has 0 aromatic heterocycles. The van der Waals surface area contributed by atoms with E-state index in [1.54, 1.807) is 6.92 Å². The fourth-order valence-electron chi connectivity index (χ4n) is 2.02. The number of nitrogens with zero attached hydrogens (tertiary/aromatic N) is 1. The Morgan fingerprint density at radius 1 is 1.13 bits per heavy atom. The van der Waals surface area contributed by atoms with Crippen molar-refractivity contribution in [1.82, 2.24) is 5.32 Å². The smallest absolute Gasteiger partial charge is 0.261 e. The molecule has 1 atom stereocenters. The van der Waals surface area contributed by atoms with Gasteiger partial charge in [-0.25, -0.2) is 0 Å². The van der Waals surface area contributed by atoms with E-state index in [1.165, 1.54) is 0 Å². The molecule has 23 heavy (non-hydrogen) atoms. The van der Waals surface area contributed by atoms with E-state index in [1.807, 2.05) is 67.5 Å². The van der Waals surface area contributed by atoms with Crippen LogP contribution in [-0.2, 0) is 11.3 Å². The molecule has 0 bridgehead atoms. The van der Waals surface area contributed by atoms with Gasteiger partial charge in [0.25, 0.3) is 5.91 Å². The highest BCUT2D eigenvalue weighted by Gasteiger charge is 2.14. The molecule has 122 valence electrons. The monoisotopic (exact) mass is 376 g/mol. The van der Waals surface area contributed by atoms with Crippen molar-refractivity contribution in [1.29, 1.82) is 0 Å². The predicted molar refractivity (Wildman–Crippen MR) is 96.8 cm³/mol. The zero-order valence-electron chi connectivity index (χ0n) is 13.5. The Bertz CT molecular complexity index is 639. The number of benzene rings is 2. The van der Waals surface area contributed by atoms with E-state index >= 15 is 0 Å². The second-order valence-electron chi connectivity index (χ2n) is 5.49. The van der Waals surface area contributed by atoms with Crippen LogP contribution in [0.15, 0.2) is 53.0 Å². The summed E-state index contributed by atoms with van der Waals surface area (Å²) in [6.07, 6.45) is -0.544. The first kappa shape index (κ1) is 17.3. The molecule has 0 aliphatic heterocycles.